The Morgan fingerprint density at radius 1 is 0.333 bits per heavy atom. The molecule has 0 aliphatic rings. The first kappa shape index (κ1) is 39.9. The van der Waals surface area contributed by atoms with Crippen molar-refractivity contribution < 1.29 is 49.2 Å². The lowest BCUT2D eigenvalue weighted by Crippen LogP contribution is -2.12. The summed E-state index contributed by atoms with van der Waals surface area (Å²) in [5.74, 6) is -4.44. The van der Waals surface area contributed by atoms with Crippen molar-refractivity contribution in [3.63, 3.8) is 0 Å². The van der Waals surface area contributed by atoms with E-state index >= 15 is 0 Å². The molecular weight excluding hydrogens is 794 g/mol. The van der Waals surface area contributed by atoms with Crippen molar-refractivity contribution in [3.8, 4) is 0 Å². The second-order valence-corrected chi connectivity index (χ2v) is 10.1. The van der Waals surface area contributed by atoms with E-state index in [2.05, 4.69) is 9.97 Å². The van der Waals surface area contributed by atoms with Gasteiger partial charge < -0.3 is 16.0 Å². The van der Waals surface area contributed by atoms with Crippen LogP contribution in [0.5, 0.6) is 0 Å². The van der Waals surface area contributed by atoms with Crippen molar-refractivity contribution in [1.82, 2.24) is 9.97 Å². The van der Waals surface area contributed by atoms with Gasteiger partial charge in [-0.1, -0.05) is 0 Å². The van der Waals surface area contributed by atoms with Crippen molar-refractivity contribution >= 4 is 91.5 Å². The minimum atomic E-state index is -1.71. The van der Waals surface area contributed by atoms with Crippen LogP contribution in [0.15, 0.2) is 36.4 Å². The number of non-ortho nitro benzene ring substituents is 3. The summed E-state index contributed by atoms with van der Waals surface area (Å²) < 4.78 is 0. The number of nitrogens with zero attached hydrogens (tertiary/aromatic N) is 12. The van der Waals surface area contributed by atoms with E-state index in [0.717, 1.165) is 0 Å². The van der Waals surface area contributed by atoms with Gasteiger partial charge in [-0.05, 0) is 0 Å². The molecule has 292 valence electrons. The molecule has 4 rings (SSSR count). The van der Waals surface area contributed by atoms with Crippen molar-refractivity contribution in [2.45, 2.75) is 0 Å². The molecule has 57 heavy (non-hydrogen) atoms. The van der Waals surface area contributed by atoms with Crippen LogP contribution in [-0.4, -0.2) is 59.2 Å². The predicted molar refractivity (Wildman–Crippen MR) is 178 cm³/mol. The molecule has 0 aliphatic carbocycles. The van der Waals surface area contributed by atoms with Gasteiger partial charge in [-0.3, -0.25) is 101 Å². The molecule has 0 amide bonds. The molecule has 1 aromatic heterocycles. The number of nitro groups is 10. The van der Waals surface area contributed by atoms with Gasteiger partial charge in [0.05, 0.1) is 85.6 Å². The molecule has 0 saturated heterocycles. The van der Waals surface area contributed by atoms with E-state index in [-0.39, 0.29) is 36.4 Å². The third kappa shape index (κ3) is 7.98. The van der Waals surface area contributed by atoms with Crippen LogP contribution >= 0.6 is 0 Å². The average molecular weight is 803 g/mol. The molecule has 0 spiro atoms. The lowest BCUT2D eigenvalue weighted by molar-refractivity contribution is -0.402. The standard InChI is InChI=1S/C22H9N15O20/c38-28(39)7-1-10(31(44)45)16(11(2-7)32(46)47)23-20-19(37(56)57)21(24-17-12(33(48)49)3-8(29(40)41)4-13(17)34(50)51)27-22(26-20)25-18-14(35(52)53)5-9(30(42)43)6-15(18)36(54)55/h1-6H,(H3,23,24,25,26,27). The molecule has 35 heteroatoms. The van der Waals surface area contributed by atoms with E-state index in [0.29, 0.717) is 0 Å². The highest BCUT2D eigenvalue weighted by atomic mass is 16.7. The third-order valence-corrected chi connectivity index (χ3v) is 6.85. The van der Waals surface area contributed by atoms with Gasteiger partial charge in [-0.2, -0.15) is 9.97 Å². The van der Waals surface area contributed by atoms with Gasteiger partial charge >= 0.3 is 39.8 Å². The van der Waals surface area contributed by atoms with Crippen LogP contribution in [-0.2, 0) is 0 Å². The van der Waals surface area contributed by atoms with Gasteiger partial charge in [0.25, 0.3) is 17.1 Å². The molecule has 0 unspecified atom stereocenters. The van der Waals surface area contributed by atoms with E-state index in [4.69, 9.17) is 0 Å². The third-order valence-electron chi connectivity index (χ3n) is 6.85. The highest BCUT2D eigenvalue weighted by Crippen LogP contribution is 2.47. The van der Waals surface area contributed by atoms with Gasteiger partial charge in [0.2, 0.25) is 17.6 Å². The maximum Gasteiger partial charge on any atom is 0.354 e. The maximum absolute atomic E-state index is 12.5. The Labute approximate surface area is 304 Å². The number of nitro benzene ring substituents is 9. The van der Waals surface area contributed by atoms with Crippen LogP contribution in [0.3, 0.4) is 0 Å². The van der Waals surface area contributed by atoms with Gasteiger partial charge in [-0.25, -0.2) is 0 Å². The Morgan fingerprint density at radius 3 is 0.754 bits per heavy atom. The van der Waals surface area contributed by atoms with Crippen LogP contribution in [0.4, 0.5) is 91.5 Å². The predicted octanol–water partition coefficient (Wildman–Crippen LogP) is 4.79. The number of rotatable bonds is 16. The number of aromatic nitrogens is 2. The Hall–Kier alpha value is -9.86. The number of hydrogen-bond donors (Lipinski definition) is 3. The zero-order valence-corrected chi connectivity index (χ0v) is 26.5. The quantitative estimate of drug-likeness (QED) is 0.101. The fourth-order valence-electron chi connectivity index (χ4n) is 4.56. The summed E-state index contributed by atoms with van der Waals surface area (Å²) in [5, 5.41) is 123. The van der Waals surface area contributed by atoms with Crippen molar-refractivity contribution in [2.24, 2.45) is 0 Å². The summed E-state index contributed by atoms with van der Waals surface area (Å²) in [4.78, 5) is 111. The molecule has 0 bridgehead atoms. The fraction of sp³-hybridized carbons (Fsp3) is 0. The molecule has 3 aromatic carbocycles. The highest BCUT2D eigenvalue weighted by Gasteiger charge is 2.38. The maximum atomic E-state index is 12.5. The zero-order chi connectivity index (χ0) is 42.8. The van der Waals surface area contributed by atoms with E-state index in [9.17, 15) is 101 Å². The van der Waals surface area contributed by atoms with Gasteiger partial charge in [-0.15, -0.1) is 0 Å². The van der Waals surface area contributed by atoms with E-state index in [1.807, 2.05) is 5.32 Å². The highest BCUT2D eigenvalue weighted by molar-refractivity contribution is 5.89. The zero-order valence-electron chi connectivity index (χ0n) is 26.5. The van der Waals surface area contributed by atoms with E-state index < -0.39 is 141 Å². The summed E-state index contributed by atoms with van der Waals surface area (Å²) in [7, 11) is 0. The Kier molecular flexibility index (Phi) is 10.5. The topological polar surface area (TPSA) is 493 Å². The summed E-state index contributed by atoms with van der Waals surface area (Å²) in [6, 6.07) is 0.877. The van der Waals surface area contributed by atoms with Crippen molar-refractivity contribution in [2.75, 3.05) is 16.0 Å². The Bertz CT molecular complexity index is 2340. The largest absolute Gasteiger partial charge is 0.354 e. The molecule has 0 aliphatic heterocycles. The second kappa shape index (κ2) is 15.0. The van der Waals surface area contributed by atoms with Crippen LogP contribution < -0.4 is 16.0 Å². The molecule has 3 N–H and O–H groups in total. The minimum absolute atomic E-state index is 0.133. The lowest BCUT2D eigenvalue weighted by Gasteiger charge is -2.14. The normalized spacial score (nSPS) is 10.5. The number of nitrogens with one attached hydrogen (secondary N) is 3. The summed E-state index contributed by atoms with van der Waals surface area (Å²) in [6.07, 6.45) is 0. The Morgan fingerprint density at radius 2 is 0.561 bits per heavy atom. The summed E-state index contributed by atoms with van der Waals surface area (Å²) in [6.45, 7) is 0. The molecular formula is C22H9N15O20. The molecule has 0 saturated carbocycles. The molecule has 0 atom stereocenters. The molecule has 35 nitrogen and oxygen atoms in total. The number of anilines is 6. The van der Waals surface area contributed by atoms with Gasteiger partial charge in [0.15, 0.2) is 17.1 Å². The SMILES string of the molecule is O=[N+]([O-])c1cc([N+](=O)[O-])c(Nc2nc(Nc3c([N+](=O)[O-])cc([N+](=O)[O-])cc3[N+](=O)[O-])c([N+](=O)[O-])c(Nc3c([N+](=O)[O-])cc([N+](=O)[O-])cc3[N+](=O)[O-])n2)c([N+](=O)[O-])c1. The van der Waals surface area contributed by atoms with E-state index in [1.165, 1.54) is 0 Å². The minimum Gasteiger partial charge on any atom is -0.323 e. The first-order chi connectivity index (χ1) is 26.5. The first-order valence-corrected chi connectivity index (χ1v) is 13.7. The van der Waals surface area contributed by atoms with Crippen LogP contribution in [0.2, 0.25) is 0 Å². The molecule has 0 fully saturated rings. The summed E-state index contributed by atoms with van der Waals surface area (Å²) in [5.41, 5.74) is -18.8. The van der Waals surface area contributed by atoms with Crippen molar-refractivity contribution in [1.29, 1.82) is 0 Å². The second-order valence-electron chi connectivity index (χ2n) is 10.1. The number of benzene rings is 3. The lowest BCUT2D eigenvalue weighted by atomic mass is 10.2. The molecule has 1 heterocycles. The van der Waals surface area contributed by atoms with Crippen LogP contribution in [0.25, 0.3) is 0 Å². The van der Waals surface area contributed by atoms with Crippen LogP contribution in [0.1, 0.15) is 0 Å². The monoisotopic (exact) mass is 803 g/mol. The van der Waals surface area contributed by atoms with Gasteiger partial charge in [0.1, 0.15) is 0 Å². The van der Waals surface area contributed by atoms with Crippen molar-refractivity contribution in [3.05, 3.63) is 138 Å². The fourth-order valence-corrected chi connectivity index (χ4v) is 4.56. The van der Waals surface area contributed by atoms with Gasteiger partial charge in [0, 0.05) is 0 Å². The summed E-state index contributed by atoms with van der Waals surface area (Å²) >= 11 is 0. The average Bonchev–Trinajstić information content (AvgIpc) is 3.10. The number of hydrogen-bond acceptors (Lipinski definition) is 25. The van der Waals surface area contributed by atoms with E-state index in [1.54, 1.807) is 10.6 Å². The molecule has 0 radical (unpaired) electrons. The molecule has 4 aromatic rings. The van der Waals surface area contributed by atoms with Crippen LogP contribution in [0, 0.1) is 101 Å². The Balaban J connectivity index is 2.18. The smallest absolute Gasteiger partial charge is 0.323 e. The first-order valence-electron chi connectivity index (χ1n) is 13.7.